The van der Waals surface area contributed by atoms with Crippen LogP contribution in [0.5, 0.6) is 0 Å². The molecule has 0 amide bonds. The Kier molecular flexibility index (Phi) is 28.8. The van der Waals surface area contributed by atoms with E-state index in [0.29, 0.717) is 44.1 Å². The number of ether oxygens (including phenoxy) is 6. The minimum Gasteiger partial charge on any atom is -0.465 e. The van der Waals surface area contributed by atoms with E-state index in [9.17, 15) is 9.59 Å². The molecule has 0 heterocycles. The van der Waals surface area contributed by atoms with Crippen LogP contribution in [0.2, 0.25) is 0 Å². The van der Waals surface area contributed by atoms with Crippen LogP contribution in [0.25, 0.3) is 0 Å². The zero-order valence-corrected chi connectivity index (χ0v) is 36.8. The normalized spacial score (nSPS) is 25.7. The Labute approximate surface area is 344 Å². The standard InChI is InChI=1S/C48H88O8/c1-4-5-6-20-37-54-47-33-24-41(40(2)49)39-46(47)48(50)55-38-23-18-14-10-9-13-17-22-36-53-43-27-31-45(32-28-43)56-44-29-25-42(26-30-44)52-35-21-16-12-8-7-11-15-19-34-51-3/h41-47H,4-39H2,1-3H3. The summed E-state index contributed by atoms with van der Waals surface area (Å²) in [5, 5.41) is 0. The number of rotatable bonds is 34. The van der Waals surface area contributed by atoms with Gasteiger partial charge in [0.25, 0.3) is 0 Å². The van der Waals surface area contributed by atoms with Crippen LogP contribution in [-0.2, 0) is 38.0 Å². The molecule has 3 aliphatic carbocycles. The molecule has 3 unspecified atom stereocenters. The first-order valence-electron chi connectivity index (χ1n) is 24.2. The molecule has 8 heteroatoms. The predicted octanol–water partition coefficient (Wildman–Crippen LogP) is 12.1. The monoisotopic (exact) mass is 793 g/mol. The second-order valence-electron chi connectivity index (χ2n) is 17.7. The van der Waals surface area contributed by atoms with Gasteiger partial charge in [-0.3, -0.25) is 9.59 Å². The molecule has 3 fully saturated rings. The maximum absolute atomic E-state index is 13.0. The zero-order valence-electron chi connectivity index (χ0n) is 36.8. The first-order valence-corrected chi connectivity index (χ1v) is 24.2. The van der Waals surface area contributed by atoms with E-state index in [2.05, 4.69) is 6.92 Å². The molecule has 0 aromatic rings. The van der Waals surface area contributed by atoms with Crippen molar-refractivity contribution in [2.45, 2.75) is 243 Å². The van der Waals surface area contributed by atoms with Crippen LogP contribution in [0, 0.1) is 11.8 Å². The number of methoxy groups -OCH3 is 1. The molecule has 0 N–H and O–H groups in total. The maximum Gasteiger partial charge on any atom is 0.311 e. The lowest BCUT2D eigenvalue weighted by Crippen LogP contribution is -2.39. The SMILES string of the molecule is CCCCCCOC1CCC(C(C)=O)CC1C(=O)OCCCCCCCCCCOC1CCC(OC2CCC(OCCCCCCCCCCOC)CC2)CC1. The van der Waals surface area contributed by atoms with Crippen LogP contribution >= 0.6 is 0 Å². The highest BCUT2D eigenvalue weighted by Gasteiger charge is 2.38. The summed E-state index contributed by atoms with van der Waals surface area (Å²) in [6, 6.07) is 0. The summed E-state index contributed by atoms with van der Waals surface area (Å²) in [5.41, 5.74) is 0. The van der Waals surface area contributed by atoms with Gasteiger partial charge in [0.15, 0.2) is 0 Å². The van der Waals surface area contributed by atoms with E-state index in [1.54, 1.807) is 14.0 Å². The maximum atomic E-state index is 13.0. The van der Waals surface area contributed by atoms with Crippen LogP contribution < -0.4 is 0 Å². The molecule has 0 aromatic heterocycles. The third-order valence-electron chi connectivity index (χ3n) is 12.9. The summed E-state index contributed by atoms with van der Waals surface area (Å²) in [5.74, 6) is -0.325. The Hall–Kier alpha value is -1.06. The molecule has 328 valence electrons. The van der Waals surface area contributed by atoms with E-state index < -0.39 is 0 Å². The van der Waals surface area contributed by atoms with E-state index in [4.69, 9.17) is 28.4 Å². The van der Waals surface area contributed by atoms with Gasteiger partial charge in [-0.25, -0.2) is 0 Å². The van der Waals surface area contributed by atoms with Crippen LogP contribution in [-0.4, -0.2) is 82.4 Å². The van der Waals surface area contributed by atoms with Crippen molar-refractivity contribution in [3.63, 3.8) is 0 Å². The van der Waals surface area contributed by atoms with Gasteiger partial charge in [0.1, 0.15) is 5.78 Å². The molecule has 3 saturated carbocycles. The van der Waals surface area contributed by atoms with E-state index >= 15 is 0 Å². The second-order valence-corrected chi connectivity index (χ2v) is 17.7. The summed E-state index contributed by atoms with van der Waals surface area (Å²) in [7, 11) is 1.79. The highest BCUT2D eigenvalue weighted by Crippen LogP contribution is 2.34. The van der Waals surface area contributed by atoms with Crippen LogP contribution in [0.1, 0.15) is 213 Å². The average molecular weight is 793 g/mol. The Morgan fingerprint density at radius 3 is 1.34 bits per heavy atom. The fourth-order valence-electron chi connectivity index (χ4n) is 9.12. The van der Waals surface area contributed by atoms with Crippen molar-refractivity contribution in [2.24, 2.45) is 11.8 Å². The molecule has 56 heavy (non-hydrogen) atoms. The predicted molar refractivity (Wildman–Crippen MR) is 227 cm³/mol. The number of esters is 1. The highest BCUT2D eigenvalue weighted by atomic mass is 16.5. The van der Waals surface area contributed by atoms with Crippen molar-refractivity contribution in [3.8, 4) is 0 Å². The second kappa shape index (κ2) is 32.8. The smallest absolute Gasteiger partial charge is 0.311 e. The van der Waals surface area contributed by atoms with Gasteiger partial charge < -0.3 is 28.4 Å². The number of ketones is 1. The van der Waals surface area contributed by atoms with Crippen LogP contribution in [0.15, 0.2) is 0 Å². The molecule has 0 bridgehead atoms. The lowest BCUT2D eigenvalue weighted by atomic mass is 9.77. The van der Waals surface area contributed by atoms with Crippen molar-refractivity contribution < 1.29 is 38.0 Å². The van der Waals surface area contributed by atoms with Gasteiger partial charge in [0.05, 0.1) is 43.0 Å². The van der Waals surface area contributed by atoms with Gasteiger partial charge in [-0.15, -0.1) is 0 Å². The fraction of sp³-hybridized carbons (Fsp3) is 0.958. The quantitative estimate of drug-likeness (QED) is 0.0470. The van der Waals surface area contributed by atoms with Crippen molar-refractivity contribution in [2.75, 3.05) is 40.1 Å². The zero-order chi connectivity index (χ0) is 39.9. The molecule has 3 rings (SSSR count). The van der Waals surface area contributed by atoms with Crippen LogP contribution in [0.3, 0.4) is 0 Å². The van der Waals surface area contributed by atoms with Gasteiger partial charge in [-0.1, -0.05) is 103 Å². The van der Waals surface area contributed by atoms with Gasteiger partial charge in [0, 0.05) is 39.5 Å². The topological polar surface area (TPSA) is 89.5 Å². The van der Waals surface area contributed by atoms with Crippen LogP contribution in [0.4, 0.5) is 0 Å². The molecule has 0 radical (unpaired) electrons. The molecule has 0 spiro atoms. The summed E-state index contributed by atoms with van der Waals surface area (Å²) in [4.78, 5) is 25.1. The van der Waals surface area contributed by atoms with Gasteiger partial charge >= 0.3 is 5.97 Å². The van der Waals surface area contributed by atoms with E-state index in [1.807, 2.05) is 0 Å². The average Bonchev–Trinajstić information content (AvgIpc) is 3.21. The molecular formula is C48H88O8. The number of unbranched alkanes of at least 4 members (excludes halogenated alkanes) is 17. The van der Waals surface area contributed by atoms with Gasteiger partial charge in [0.2, 0.25) is 0 Å². The van der Waals surface area contributed by atoms with Gasteiger partial charge in [-0.2, -0.15) is 0 Å². The Balaban J connectivity index is 1.08. The summed E-state index contributed by atoms with van der Waals surface area (Å²) in [6.07, 6.45) is 37.3. The molecule has 0 aromatic carbocycles. The number of carbonyl (C=O) groups excluding carboxylic acids is 2. The number of hydrogen-bond donors (Lipinski definition) is 0. The molecule has 0 aliphatic heterocycles. The van der Waals surface area contributed by atoms with Gasteiger partial charge in [-0.05, 0) is 110 Å². The van der Waals surface area contributed by atoms with Crippen molar-refractivity contribution in [1.82, 2.24) is 0 Å². The number of carbonyl (C=O) groups is 2. The Morgan fingerprint density at radius 2 is 0.875 bits per heavy atom. The molecule has 0 saturated heterocycles. The molecule has 3 aliphatic rings. The first-order chi connectivity index (χ1) is 27.5. The molecule has 3 atom stereocenters. The number of hydrogen-bond acceptors (Lipinski definition) is 8. The minimum absolute atomic E-state index is 0.0392. The lowest BCUT2D eigenvalue weighted by molar-refractivity contribution is -0.158. The fourth-order valence-corrected chi connectivity index (χ4v) is 9.12. The summed E-state index contributed by atoms with van der Waals surface area (Å²) in [6.45, 7) is 7.74. The number of Topliss-reactive ketones (excluding diaryl/α,β-unsaturated/α-hetero) is 1. The lowest BCUT2D eigenvalue weighted by Gasteiger charge is -2.34. The Morgan fingerprint density at radius 1 is 0.464 bits per heavy atom. The summed E-state index contributed by atoms with van der Waals surface area (Å²) < 4.78 is 36.1. The first kappa shape index (κ1) is 49.3. The third kappa shape index (κ3) is 22.9. The van der Waals surface area contributed by atoms with Crippen molar-refractivity contribution >= 4 is 11.8 Å². The Bertz CT molecular complexity index is 943. The van der Waals surface area contributed by atoms with E-state index in [1.165, 1.54) is 96.3 Å². The largest absolute Gasteiger partial charge is 0.465 e. The third-order valence-corrected chi connectivity index (χ3v) is 12.9. The van der Waals surface area contributed by atoms with E-state index in [-0.39, 0.29) is 29.7 Å². The molecular weight excluding hydrogens is 705 g/mol. The van der Waals surface area contributed by atoms with E-state index in [0.717, 1.165) is 116 Å². The van der Waals surface area contributed by atoms with Crippen molar-refractivity contribution in [1.29, 1.82) is 0 Å². The summed E-state index contributed by atoms with van der Waals surface area (Å²) >= 11 is 0. The van der Waals surface area contributed by atoms with Crippen molar-refractivity contribution in [3.05, 3.63) is 0 Å². The molecule has 8 nitrogen and oxygen atoms in total. The highest BCUT2D eigenvalue weighted by molar-refractivity contribution is 5.80. The minimum atomic E-state index is -0.306.